The third-order valence-electron chi connectivity index (χ3n) is 4.13. The maximum Gasteiger partial charge on any atom is 0.223 e. The van der Waals surface area contributed by atoms with Gasteiger partial charge < -0.3 is 10.3 Å². The van der Waals surface area contributed by atoms with Gasteiger partial charge in [0.1, 0.15) is 0 Å². The molecule has 1 unspecified atom stereocenters. The number of amides is 1. The lowest BCUT2D eigenvalue weighted by molar-refractivity contribution is -0.125. The van der Waals surface area contributed by atoms with Crippen molar-refractivity contribution in [1.82, 2.24) is 10.3 Å². The van der Waals surface area contributed by atoms with E-state index in [1.54, 1.807) is 6.08 Å². The van der Waals surface area contributed by atoms with Crippen molar-refractivity contribution >= 4 is 16.8 Å². The van der Waals surface area contributed by atoms with Crippen LogP contribution in [0.15, 0.2) is 30.9 Å². The molecule has 1 aliphatic carbocycles. The third-order valence-corrected chi connectivity index (χ3v) is 4.13. The van der Waals surface area contributed by atoms with Gasteiger partial charge in [0.15, 0.2) is 0 Å². The minimum atomic E-state index is 0.0852. The predicted molar refractivity (Wildman–Crippen MR) is 81.8 cm³/mol. The number of benzene rings is 1. The zero-order valence-electron chi connectivity index (χ0n) is 11.8. The van der Waals surface area contributed by atoms with Gasteiger partial charge >= 0.3 is 0 Å². The molecule has 1 amide bonds. The van der Waals surface area contributed by atoms with Crippen molar-refractivity contribution in [3.8, 4) is 0 Å². The lowest BCUT2D eigenvalue weighted by Crippen LogP contribution is -2.34. The summed E-state index contributed by atoms with van der Waals surface area (Å²) in [6.45, 7) is 6.29. The Bertz CT molecular complexity index is 669. The van der Waals surface area contributed by atoms with E-state index in [1.807, 2.05) is 0 Å². The lowest BCUT2D eigenvalue weighted by Gasteiger charge is -2.21. The number of aromatic amines is 1. The number of carbonyl (C=O) groups excluding carboxylic acids is 1. The zero-order valence-corrected chi connectivity index (χ0v) is 11.8. The minimum absolute atomic E-state index is 0.0852. The summed E-state index contributed by atoms with van der Waals surface area (Å²) in [5.74, 6) is 0.236. The molecule has 3 heteroatoms. The van der Waals surface area contributed by atoms with Crippen LogP contribution < -0.4 is 5.32 Å². The van der Waals surface area contributed by atoms with Gasteiger partial charge in [-0.1, -0.05) is 17.7 Å². The van der Waals surface area contributed by atoms with Crippen molar-refractivity contribution in [3.05, 3.63) is 47.7 Å². The molecule has 0 bridgehead atoms. The maximum absolute atomic E-state index is 12.1. The quantitative estimate of drug-likeness (QED) is 0.826. The summed E-state index contributed by atoms with van der Waals surface area (Å²) in [4.78, 5) is 15.6. The van der Waals surface area contributed by atoms with E-state index >= 15 is 0 Å². The van der Waals surface area contributed by atoms with Crippen LogP contribution in [0.1, 0.15) is 23.2 Å². The second-order valence-corrected chi connectivity index (χ2v) is 5.60. The molecule has 3 rings (SSSR count). The van der Waals surface area contributed by atoms with E-state index in [-0.39, 0.29) is 11.8 Å². The Morgan fingerprint density at radius 1 is 1.55 bits per heavy atom. The van der Waals surface area contributed by atoms with E-state index in [0.29, 0.717) is 6.54 Å². The fraction of sp³-hybridized carbons (Fsp3) is 0.353. The van der Waals surface area contributed by atoms with E-state index in [2.05, 4.69) is 42.0 Å². The molecule has 2 aromatic rings. The molecule has 1 aromatic heterocycles. The molecule has 1 aromatic carbocycles. The highest BCUT2D eigenvalue weighted by Gasteiger charge is 2.26. The Labute approximate surface area is 119 Å². The van der Waals surface area contributed by atoms with Gasteiger partial charge in [0.05, 0.1) is 0 Å². The summed E-state index contributed by atoms with van der Waals surface area (Å²) < 4.78 is 0. The molecule has 2 N–H and O–H groups in total. The molecule has 0 aliphatic heterocycles. The number of hydrogen-bond donors (Lipinski definition) is 2. The fourth-order valence-corrected chi connectivity index (χ4v) is 3.07. The Balaban J connectivity index is 1.89. The molecule has 0 saturated carbocycles. The molecule has 1 atom stereocenters. The number of hydrogen-bond acceptors (Lipinski definition) is 1. The average Bonchev–Trinajstić information content (AvgIpc) is 2.82. The second-order valence-electron chi connectivity index (χ2n) is 5.60. The summed E-state index contributed by atoms with van der Waals surface area (Å²) in [6, 6.07) is 6.48. The molecule has 1 aliphatic rings. The van der Waals surface area contributed by atoms with Gasteiger partial charge in [-0.2, -0.15) is 0 Å². The minimum Gasteiger partial charge on any atom is -0.358 e. The van der Waals surface area contributed by atoms with Crippen molar-refractivity contribution < 1.29 is 4.79 Å². The van der Waals surface area contributed by atoms with Crippen LogP contribution in [0.2, 0.25) is 0 Å². The summed E-state index contributed by atoms with van der Waals surface area (Å²) in [6.07, 6.45) is 4.43. The fourth-order valence-electron chi connectivity index (χ4n) is 3.07. The summed E-state index contributed by atoms with van der Waals surface area (Å²) >= 11 is 0. The first-order chi connectivity index (χ1) is 9.69. The van der Waals surface area contributed by atoms with Crippen molar-refractivity contribution in [2.75, 3.05) is 6.54 Å². The number of fused-ring (bicyclic) bond motifs is 3. The predicted octanol–water partition coefficient (Wildman–Crippen LogP) is 2.88. The molecule has 104 valence electrons. The molecule has 0 fully saturated rings. The molecule has 0 radical (unpaired) electrons. The van der Waals surface area contributed by atoms with Crippen LogP contribution >= 0.6 is 0 Å². The van der Waals surface area contributed by atoms with Crippen LogP contribution in [0.5, 0.6) is 0 Å². The first kappa shape index (κ1) is 13.0. The van der Waals surface area contributed by atoms with Gasteiger partial charge in [0.2, 0.25) is 5.91 Å². The van der Waals surface area contributed by atoms with E-state index in [1.165, 1.54) is 27.7 Å². The standard InChI is InChI=1S/C17H20N2O/c1-3-8-18-17(20)12-5-7-16-14(10-12)13-9-11(2)4-6-15(13)19-16/h3-4,6,9,12,19H,1,5,7-8,10H2,2H3,(H,18,20). The average molecular weight is 268 g/mol. The van der Waals surface area contributed by atoms with E-state index in [0.717, 1.165) is 19.3 Å². The first-order valence-electron chi connectivity index (χ1n) is 7.17. The van der Waals surface area contributed by atoms with Gasteiger partial charge in [0.25, 0.3) is 0 Å². The van der Waals surface area contributed by atoms with Crippen LogP contribution in [0, 0.1) is 12.8 Å². The van der Waals surface area contributed by atoms with Crippen LogP contribution in [0.4, 0.5) is 0 Å². The second kappa shape index (κ2) is 5.16. The van der Waals surface area contributed by atoms with E-state index in [9.17, 15) is 4.79 Å². The topological polar surface area (TPSA) is 44.9 Å². The van der Waals surface area contributed by atoms with E-state index in [4.69, 9.17) is 0 Å². The number of H-pyrrole nitrogens is 1. The molecule has 1 heterocycles. The van der Waals surface area contributed by atoms with Gasteiger partial charge in [0, 0.05) is 29.1 Å². The molecule has 20 heavy (non-hydrogen) atoms. The Morgan fingerprint density at radius 3 is 3.20 bits per heavy atom. The summed E-state index contributed by atoms with van der Waals surface area (Å²) in [7, 11) is 0. The highest BCUT2D eigenvalue weighted by Crippen LogP contribution is 2.32. The van der Waals surface area contributed by atoms with Crippen LogP contribution in [-0.2, 0) is 17.6 Å². The Hall–Kier alpha value is -2.03. The van der Waals surface area contributed by atoms with E-state index < -0.39 is 0 Å². The van der Waals surface area contributed by atoms with Gasteiger partial charge in [-0.05, 0) is 43.9 Å². The molecule has 0 saturated heterocycles. The monoisotopic (exact) mass is 268 g/mol. The van der Waals surface area contributed by atoms with Gasteiger partial charge in [-0.25, -0.2) is 0 Å². The first-order valence-corrected chi connectivity index (χ1v) is 7.17. The van der Waals surface area contributed by atoms with Crippen molar-refractivity contribution in [2.45, 2.75) is 26.2 Å². The number of rotatable bonds is 3. The highest BCUT2D eigenvalue weighted by atomic mass is 16.1. The SMILES string of the molecule is C=CCNC(=O)C1CCc2[nH]c3ccc(C)cc3c2C1. The Kier molecular flexibility index (Phi) is 3.35. The van der Waals surface area contributed by atoms with Crippen LogP contribution in [0.3, 0.4) is 0 Å². The lowest BCUT2D eigenvalue weighted by atomic mass is 9.85. The summed E-state index contributed by atoms with van der Waals surface area (Å²) in [5, 5.41) is 4.20. The largest absolute Gasteiger partial charge is 0.358 e. The Morgan fingerprint density at radius 2 is 2.40 bits per heavy atom. The molecular weight excluding hydrogens is 248 g/mol. The highest BCUT2D eigenvalue weighted by molar-refractivity contribution is 5.87. The molecule has 3 nitrogen and oxygen atoms in total. The van der Waals surface area contributed by atoms with Crippen LogP contribution in [-0.4, -0.2) is 17.4 Å². The van der Waals surface area contributed by atoms with Crippen molar-refractivity contribution in [3.63, 3.8) is 0 Å². The van der Waals surface area contributed by atoms with Crippen molar-refractivity contribution in [2.24, 2.45) is 5.92 Å². The normalized spacial score (nSPS) is 17.8. The number of aryl methyl sites for hydroxylation is 2. The smallest absolute Gasteiger partial charge is 0.223 e. The van der Waals surface area contributed by atoms with Crippen LogP contribution in [0.25, 0.3) is 10.9 Å². The van der Waals surface area contributed by atoms with Gasteiger partial charge in [-0.15, -0.1) is 6.58 Å². The number of nitrogens with one attached hydrogen (secondary N) is 2. The number of aromatic nitrogens is 1. The number of carbonyl (C=O) groups is 1. The van der Waals surface area contributed by atoms with Gasteiger partial charge in [-0.3, -0.25) is 4.79 Å². The molecular formula is C17H20N2O. The van der Waals surface area contributed by atoms with Crippen molar-refractivity contribution in [1.29, 1.82) is 0 Å². The summed E-state index contributed by atoms with van der Waals surface area (Å²) in [5.41, 5.74) is 5.08. The zero-order chi connectivity index (χ0) is 14.1. The molecule has 0 spiro atoms. The third kappa shape index (κ3) is 2.24. The maximum atomic E-state index is 12.1.